The van der Waals surface area contributed by atoms with Crippen molar-refractivity contribution in [3.63, 3.8) is 0 Å². The zero-order chi connectivity index (χ0) is 9.31. The van der Waals surface area contributed by atoms with E-state index in [1.807, 2.05) is 0 Å². The van der Waals surface area contributed by atoms with Crippen LogP contribution in [-0.4, -0.2) is 0 Å². The van der Waals surface area contributed by atoms with Gasteiger partial charge in [0.05, 0.1) is 0 Å². The molecule has 0 bridgehead atoms. The Morgan fingerprint density at radius 3 is 2.38 bits per heavy atom. The maximum Gasteiger partial charge on any atom is -0.0235 e. The highest BCUT2D eigenvalue weighted by Gasteiger charge is 2.68. The highest BCUT2D eigenvalue weighted by atomic mass is 14.7. The van der Waals surface area contributed by atoms with Crippen molar-refractivity contribution in [1.29, 1.82) is 0 Å². The van der Waals surface area contributed by atoms with Crippen LogP contribution in [0.15, 0.2) is 0 Å². The van der Waals surface area contributed by atoms with Gasteiger partial charge in [0.15, 0.2) is 0 Å². The second-order valence-corrected chi connectivity index (χ2v) is 5.29. The Kier molecular flexibility index (Phi) is 2.67. The lowest BCUT2D eigenvalue weighted by Crippen LogP contribution is -1.86. The fourth-order valence-electron chi connectivity index (χ4n) is 3.31. The quantitative estimate of drug-likeness (QED) is 0.532. The molecule has 2 rings (SSSR count). The summed E-state index contributed by atoms with van der Waals surface area (Å²) in [5.41, 5.74) is 0.932. The fraction of sp³-hybridized carbons (Fsp3) is 1.00. The minimum absolute atomic E-state index is 0.932. The van der Waals surface area contributed by atoms with E-state index in [4.69, 9.17) is 0 Å². The topological polar surface area (TPSA) is 0 Å². The van der Waals surface area contributed by atoms with Crippen molar-refractivity contribution in [3.05, 3.63) is 0 Å². The monoisotopic (exact) mass is 180 g/mol. The third-order valence-corrected chi connectivity index (χ3v) is 4.46. The highest BCUT2D eigenvalue weighted by molar-refractivity contribution is 5.17. The Balaban J connectivity index is 1.55. The average Bonchev–Trinajstić information content (AvgIpc) is 3.02. The van der Waals surface area contributed by atoms with Crippen LogP contribution in [-0.2, 0) is 0 Å². The van der Waals surface area contributed by atoms with Gasteiger partial charge in [0, 0.05) is 0 Å². The molecular formula is C13H24. The van der Waals surface area contributed by atoms with Gasteiger partial charge in [-0.15, -0.1) is 0 Å². The van der Waals surface area contributed by atoms with Crippen molar-refractivity contribution in [2.24, 2.45) is 17.3 Å². The van der Waals surface area contributed by atoms with E-state index < -0.39 is 0 Å². The lowest BCUT2D eigenvalue weighted by molar-refractivity contribution is 0.539. The molecular weight excluding hydrogens is 156 g/mol. The first-order chi connectivity index (χ1) is 6.33. The van der Waals surface area contributed by atoms with E-state index in [1.54, 1.807) is 19.3 Å². The molecule has 2 aliphatic rings. The Hall–Kier alpha value is 0. The summed E-state index contributed by atoms with van der Waals surface area (Å²) in [5, 5.41) is 0. The fourth-order valence-corrected chi connectivity index (χ4v) is 3.31. The van der Waals surface area contributed by atoms with Gasteiger partial charge < -0.3 is 0 Å². The molecule has 0 N–H and O–H groups in total. The average molecular weight is 180 g/mol. The molecule has 0 aromatic heterocycles. The van der Waals surface area contributed by atoms with Gasteiger partial charge in [-0.2, -0.15) is 0 Å². The minimum atomic E-state index is 0.932. The Bertz CT molecular complexity index is 173. The highest BCUT2D eigenvalue weighted by Crippen LogP contribution is 2.76. The molecule has 1 spiro atoms. The first-order valence-electron chi connectivity index (χ1n) is 6.33. The molecule has 0 radical (unpaired) electrons. The molecule has 0 nitrogen and oxygen atoms in total. The molecule has 13 heavy (non-hydrogen) atoms. The first kappa shape index (κ1) is 9.55. The maximum absolute atomic E-state index is 2.37. The summed E-state index contributed by atoms with van der Waals surface area (Å²) in [6.07, 6.45) is 12.0. The van der Waals surface area contributed by atoms with E-state index in [0.717, 1.165) is 17.3 Å². The molecule has 2 saturated carbocycles. The number of unbranched alkanes of at least 4 members (excludes halogenated alkanes) is 3. The van der Waals surface area contributed by atoms with Gasteiger partial charge in [0.2, 0.25) is 0 Å². The Morgan fingerprint density at radius 2 is 1.77 bits per heavy atom. The van der Waals surface area contributed by atoms with Gasteiger partial charge in [-0.25, -0.2) is 0 Å². The van der Waals surface area contributed by atoms with Crippen LogP contribution in [0.1, 0.15) is 65.2 Å². The predicted molar refractivity (Wildman–Crippen MR) is 57.7 cm³/mol. The van der Waals surface area contributed by atoms with Crippen LogP contribution in [0.2, 0.25) is 0 Å². The van der Waals surface area contributed by atoms with Crippen molar-refractivity contribution in [1.82, 2.24) is 0 Å². The maximum atomic E-state index is 2.37. The Morgan fingerprint density at radius 1 is 1.00 bits per heavy atom. The van der Waals surface area contributed by atoms with E-state index in [-0.39, 0.29) is 0 Å². The van der Waals surface area contributed by atoms with Crippen LogP contribution in [0, 0.1) is 17.3 Å². The SMILES string of the molecule is CCCCCCC1CC12CC2CC. The largest absolute Gasteiger partial charge is 0.0654 e. The first-order valence-corrected chi connectivity index (χ1v) is 6.33. The summed E-state index contributed by atoms with van der Waals surface area (Å²) in [7, 11) is 0. The normalized spacial score (nSPS) is 41.1. The van der Waals surface area contributed by atoms with Crippen LogP contribution in [0.4, 0.5) is 0 Å². The molecule has 76 valence electrons. The second kappa shape index (κ2) is 3.63. The van der Waals surface area contributed by atoms with E-state index >= 15 is 0 Å². The number of rotatable bonds is 6. The van der Waals surface area contributed by atoms with E-state index in [0.29, 0.717) is 0 Å². The van der Waals surface area contributed by atoms with Gasteiger partial charge in [-0.3, -0.25) is 0 Å². The number of hydrogen-bond acceptors (Lipinski definition) is 0. The summed E-state index contributed by atoms with van der Waals surface area (Å²) in [6.45, 7) is 4.67. The van der Waals surface area contributed by atoms with Crippen LogP contribution >= 0.6 is 0 Å². The van der Waals surface area contributed by atoms with Crippen LogP contribution in [0.5, 0.6) is 0 Å². The molecule has 0 aliphatic heterocycles. The molecule has 0 aromatic carbocycles. The smallest absolute Gasteiger partial charge is 0.0235 e. The summed E-state index contributed by atoms with van der Waals surface area (Å²) in [5.74, 6) is 2.30. The molecule has 3 atom stereocenters. The third kappa shape index (κ3) is 1.78. The molecule has 2 fully saturated rings. The van der Waals surface area contributed by atoms with Crippen molar-refractivity contribution >= 4 is 0 Å². The molecule has 0 amide bonds. The van der Waals surface area contributed by atoms with Gasteiger partial charge in [-0.1, -0.05) is 46.0 Å². The molecule has 3 unspecified atom stereocenters. The summed E-state index contributed by atoms with van der Waals surface area (Å²) < 4.78 is 0. The van der Waals surface area contributed by atoms with E-state index in [9.17, 15) is 0 Å². The second-order valence-electron chi connectivity index (χ2n) is 5.29. The molecule has 2 aliphatic carbocycles. The molecule has 0 aromatic rings. The molecule has 0 saturated heterocycles. The van der Waals surface area contributed by atoms with Crippen molar-refractivity contribution in [3.8, 4) is 0 Å². The zero-order valence-electron chi connectivity index (χ0n) is 9.31. The van der Waals surface area contributed by atoms with Crippen LogP contribution < -0.4 is 0 Å². The summed E-state index contributed by atoms with van der Waals surface area (Å²) >= 11 is 0. The third-order valence-electron chi connectivity index (χ3n) is 4.46. The van der Waals surface area contributed by atoms with Crippen molar-refractivity contribution < 1.29 is 0 Å². The minimum Gasteiger partial charge on any atom is -0.0654 e. The van der Waals surface area contributed by atoms with Gasteiger partial charge in [0.25, 0.3) is 0 Å². The van der Waals surface area contributed by atoms with E-state index in [1.165, 1.54) is 32.1 Å². The standard InChI is InChI=1S/C13H24/c1-3-5-6-7-8-12-10-13(12)9-11(13)4-2/h11-12H,3-10H2,1-2H3. The zero-order valence-corrected chi connectivity index (χ0v) is 9.31. The Labute approximate surface area is 83.1 Å². The summed E-state index contributed by atoms with van der Waals surface area (Å²) in [4.78, 5) is 0. The lowest BCUT2D eigenvalue weighted by atomic mass is 10.1. The predicted octanol–water partition coefficient (Wildman–Crippen LogP) is 4.39. The van der Waals surface area contributed by atoms with Gasteiger partial charge in [-0.05, 0) is 36.5 Å². The number of hydrogen-bond donors (Lipinski definition) is 0. The lowest BCUT2D eigenvalue weighted by Gasteiger charge is -1.98. The molecule has 0 heteroatoms. The molecule has 0 heterocycles. The van der Waals surface area contributed by atoms with Crippen molar-refractivity contribution in [2.75, 3.05) is 0 Å². The van der Waals surface area contributed by atoms with Crippen LogP contribution in [0.25, 0.3) is 0 Å². The van der Waals surface area contributed by atoms with Crippen molar-refractivity contribution in [2.45, 2.75) is 65.2 Å². The van der Waals surface area contributed by atoms with Gasteiger partial charge >= 0.3 is 0 Å². The van der Waals surface area contributed by atoms with Crippen LogP contribution in [0.3, 0.4) is 0 Å². The summed E-state index contributed by atoms with van der Waals surface area (Å²) in [6, 6.07) is 0. The van der Waals surface area contributed by atoms with Gasteiger partial charge in [0.1, 0.15) is 0 Å². The van der Waals surface area contributed by atoms with E-state index in [2.05, 4.69) is 13.8 Å².